The standard InChI is InChI=1S/C13H23N5/c1-3-14-13-15-7-6-12(16-13)17(2)10-11-18-8-4-5-9-18/h6-7H,3-5,8-11H2,1-2H3,(H,14,15,16). The van der Waals surface area contributed by atoms with E-state index >= 15 is 0 Å². The molecule has 1 fully saturated rings. The van der Waals surface area contributed by atoms with Crippen LogP contribution in [-0.2, 0) is 0 Å². The third kappa shape index (κ3) is 3.57. The summed E-state index contributed by atoms with van der Waals surface area (Å²) in [7, 11) is 2.09. The molecule has 0 unspecified atom stereocenters. The number of aromatic nitrogens is 2. The second-order valence-corrected chi connectivity index (χ2v) is 4.74. The topological polar surface area (TPSA) is 44.3 Å². The molecule has 0 atom stereocenters. The zero-order valence-corrected chi connectivity index (χ0v) is 11.4. The molecule has 2 rings (SSSR count). The lowest BCUT2D eigenvalue weighted by molar-refractivity contribution is 0.346. The molecule has 0 bridgehead atoms. The fourth-order valence-electron chi connectivity index (χ4n) is 2.22. The van der Waals surface area contributed by atoms with Crippen LogP contribution in [-0.4, -0.2) is 54.6 Å². The van der Waals surface area contributed by atoms with Crippen molar-refractivity contribution in [1.29, 1.82) is 0 Å². The van der Waals surface area contributed by atoms with Crippen molar-refractivity contribution in [2.24, 2.45) is 0 Å². The highest BCUT2D eigenvalue weighted by molar-refractivity contribution is 5.41. The first-order chi connectivity index (χ1) is 8.79. The van der Waals surface area contributed by atoms with Gasteiger partial charge in [0, 0.05) is 32.9 Å². The molecule has 1 aliphatic heterocycles. The van der Waals surface area contributed by atoms with Gasteiger partial charge in [-0.25, -0.2) is 4.98 Å². The number of likely N-dealkylation sites (tertiary alicyclic amines) is 1. The van der Waals surface area contributed by atoms with Gasteiger partial charge in [0.05, 0.1) is 0 Å². The maximum absolute atomic E-state index is 4.49. The number of anilines is 2. The average Bonchev–Trinajstić information content (AvgIpc) is 2.90. The maximum atomic E-state index is 4.49. The van der Waals surface area contributed by atoms with Crippen LogP contribution in [0.2, 0.25) is 0 Å². The van der Waals surface area contributed by atoms with Crippen molar-refractivity contribution < 1.29 is 0 Å². The van der Waals surface area contributed by atoms with Gasteiger partial charge in [-0.2, -0.15) is 4.98 Å². The van der Waals surface area contributed by atoms with Crippen molar-refractivity contribution >= 4 is 11.8 Å². The van der Waals surface area contributed by atoms with Gasteiger partial charge in [0.25, 0.3) is 0 Å². The lowest BCUT2D eigenvalue weighted by Gasteiger charge is -2.22. The van der Waals surface area contributed by atoms with E-state index in [0.29, 0.717) is 5.95 Å². The van der Waals surface area contributed by atoms with E-state index in [0.717, 1.165) is 25.5 Å². The minimum Gasteiger partial charge on any atom is -0.358 e. The molecule has 5 nitrogen and oxygen atoms in total. The van der Waals surface area contributed by atoms with E-state index in [1.54, 1.807) is 0 Å². The molecule has 5 heteroatoms. The summed E-state index contributed by atoms with van der Waals surface area (Å²) in [4.78, 5) is 13.4. The first-order valence-electron chi connectivity index (χ1n) is 6.80. The van der Waals surface area contributed by atoms with Gasteiger partial charge >= 0.3 is 0 Å². The lowest BCUT2D eigenvalue weighted by atomic mass is 10.4. The van der Waals surface area contributed by atoms with Crippen LogP contribution in [0.4, 0.5) is 11.8 Å². The quantitative estimate of drug-likeness (QED) is 0.826. The van der Waals surface area contributed by atoms with Gasteiger partial charge in [0.1, 0.15) is 5.82 Å². The van der Waals surface area contributed by atoms with Gasteiger partial charge in [-0.15, -0.1) is 0 Å². The first kappa shape index (κ1) is 13.1. The Morgan fingerprint density at radius 3 is 2.89 bits per heavy atom. The van der Waals surface area contributed by atoms with Gasteiger partial charge in [-0.3, -0.25) is 0 Å². The Kier molecular flexibility index (Phi) is 4.75. The predicted octanol–water partition coefficient (Wildman–Crippen LogP) is 1.44. The number of rotatable bonds is 6. The summed E-state index contributed by atoms with van der Waals surface area (Å²) >= 11 is 0. The molecule has 1 aliphatic rings. The third-order valence-corrected chi connectivity index (χ3v) is 3.32. The Morgan fingerprint density at radius 2 is 2.17 bits per heavy atom. The summed E-state index contributed by atoms with van der Waals surface area (Å²) < 4.78 is 0. The van der Waals surface area contributed by atoms with E-state index in [4.69, 9.17) is 0 Å². The lowest BCUT2D eigenvalue weighted by Crippen LogP contribution is -2.31. The van der Waals surface area contributed by atoms with Crippen LogP contribution in [0.3, 0.4) is 0 Å². The van der Waals surface area contributed by atoms with Crippen LogP contribution >= 0.6 is 0 Å². The molecule has 2 heterocycles. The second-order valence-electron chi connectivity index (χ2n) is 4.74. The monoisotopic (exact) mass is 249 g/mol. The number of nitrogens with one attached hydrogen (secondary N) is 1. The molecule has 0 saturated carbocycles. The molecule has 1 aromatic heterocycles. The molecular formula is C13H23N5. The molecule has 0 radical (unpaired) electrons. The maximum Gasteiger partial charge on any atom is 0.224 e. The highest BCUT2D eigenvalue weighted by Crippen LogP contribution is 2.11. The van der Waals surface area contributed by atoms with Gasteiger partial charge in [-0.05, 0) is 38.9 Å². The van der Waals surface area contributed by atoms with Crippen LogP contribution < -0.4 is 10.2 Å². The van der Waals surface area contributed by atoms with Crippen LogP contribution in [0.5, 0.6) is 0 Å². The molecule has 1 N–H and O–H groups in total. The van der Waals surface area contributed by atoms with E-state index in [1.165, 1.54) is 25.9 Å². The predicted molar refractivity (Wildman–Crippen MR) is 75.1 cm³/mol. The highest BCUT2D eigenvalue weighted by atomic mass is 15.2. The van der Waals surface area contributed by atoms with Crippen molar-refractivity contribution in [1.82, 2.24) is 14.9 Å². The first-order valence-corrected chi connectivity index (χ1v) is 6.80. The number of hydrogen-bond acceptors (Lipinski definition) is 5. The minimum atomic E-state index is 0.711. The Bertz CT molecular complexity index is 362. The zero-order valence-electron chi connectivity index (χ0n) is 11.4. The average molecular weight is 249 g/mol. The van der Waals surface area contributed by atoms with Crippen molar-refractivity contribution in [3.63, 3.8) is 0 Å². The SMILES string of the molecule is CCNc1nccc(N(C)CCN2CCCC2)n1. The molecule has 0 amide bonds. The molecule has 0 aliphatic carbocycles. The summed E-state index contributed by atoms with van der Waals surface area (Å²) in [5.41, 5.74) is 0. The largest absolute Gasteiger partial charge is 0.358 e. The minimum absolute atomic E-state index is 0.711. The van der Waals surface area contributed by atoms with Gasteiger partial charge in [0.15, 0.2) is 0 Å². The van der Waals surface area contributed by atoms with Gasteiger partial charge < -0.3 is 15.1 Å². The summed E-state index contributed by atoms with van der Waals surface area (Å²) in [6.45, 7) is 7.54. The van der Waals surface area contributed by atoms with Crippen molar-refractivity contribution in [2.45, 2.75) is 19.8 Å². The fraction of sp³-hybridized carbons (Fsp3) is 0.692. The third-order valence-electron chi connectivity index (χ3n) is 3.32. The van der Waals surface area contributed by atoms with E-state index in [1.807, 2.05) is 19.2 Å². The van der Waals surface area contributed by atoms with Crippen LogP contribution in [0.15, 0.2) is 12.3 Å². The Labute approximate surface area is 109 Å². The summed E-state index contributed by atoms with van der Waals surface area (Å²) in [6, 6.07) is 1.96. The van der Waals surface area contributed by atoms with Crippen LogP contribution in [0, 0.1) is 0 Å². The number of hydrogen-bond donors (Lipinski definition) is 1. The second kappa shape index (κ2) is 6.54. The number of nitrogens with zero attached hydrogens (tertiary/aromatic N) is 4. The van der Waals surface area contributed by atoms with Gasteiger partial charge in [-0.1, -0.05) is 0 Å². The van der Waals surface area contributed by atoms with Crippen LogP contribution in [0.25, 0.3) is 0 Å². The van der Waals surface area contributed by atoms with Crippen molar-refractivity contribution in [3.8, 4) is 0 Å². The zero-order chi connectivity index (χ0) is 12.8. The van der Waals surface area contributed by atoms with Gasteiger partial charge in [0.2, 0.25) is 5.95 Å². The van der Waals surface area contributed by atoms with E-state index in [9.17, 15) is 0 Å². The Hall–Kier alpha value is -1.36. The molecule has 18 heavy (non-hydrogen) atoms. The van der Waals surface area contributed by atoms with Crippen molar-refractivity contribution in [2.75, 3.05) is 50.0 Å². The molecular weight excluding hydrogens is 226 g/mol. The van der Waals surface area contributed by atoms with Crippen LogP contribution in [0.1, 0.15) is 19.8 Å². The summed E-state index contributed by atoms with van der Waals surface area (Å²) in [6.07, 6.45) is 4.51. The number of likely N-dealkylation sites (N-methyl/N-ethyl adjacent to an activating group) is 1. The molecule has 100 valence electrons. The Balaban J connectivity index is 1.86. The summed E-state index contributed by atoms with van der Waals surface area (Å²) in [5, 5.41) is 3.14. The Morgan fingerprint density at radius 1 is 1.39 bits per heavy atom. The molecule has 1 saturated heterocycles. The van der Waals surface area contributed by atoms with E-state index in [-0.39, 0.29) is 0 Å². The molecule has 0 aromatic carbocycles. The molecule has 1 aromatic rings. The normalized spacial score (nSPS) is 15.9. The smallest absolute Gasteiger partial charge is 0.224 e. The van der Waals surface area contributed by atoms with E-state index < -0.39 is 0 Å². The highest BCUT2D eigenvalue weighted by Gasteiger charge is 2.12. The molecule has 0 spiro atoms. The van der Waals surface area contributed by atoms with Crippen molar-refractivity contribution in [3.05, 3.63) is 12.3 Å². The summed E-state index contributed by atoms with van der Waals surface area (Å²) in [5.74, 6) is 1.70. The van der Waals surface area contributed by atoms with E-state index in [2.05, 4.69) is 32.1 Å². The fourth-order valence-corrected chi connectivity index (χ4v) is 2.22.